The molecule has 0 spiro atoms. The monoisotopic (exact) mass is 564 g/mol. The van der Waals surface area contributed by atoms with Crippen molar-refractivity contribution in [2.24, 2.45) is 0 Å². The molecule has 0 aliphatic heterocycles. The standard InChI is InChI=1S/C36H40N2O4/c1-40-32-19-15-29(16-20-32)35(30-17-21-33(41-2)22-18-30)14-5-7-25-38(24-6-4-10-28-11-9-23-37-27-28)36(39)31-12-8-13-34(26-31)42-3/h8-9,11-23,26-27H,4-7,10,24-25H2,1-3H3. The Hall–Kier alpha value is -4.58. The van der Waals surface area contributed by atoms with Crippen LogP contribution >= 0.6 is 0 Å². The average Bonchev–Trinajstić information content (AvgIpc) is 3.06. The van der Waals surface area contributed by atoms with Gasteiger partial charge in [0, 0.05) is 31.0 Å². The maximum Gasteiger partial charge on any atom is 0.253 e. The third-order valence-electron chi connectivity index (χ3n) is 7.25. The Labute approximate surface area is 249 Å². The lowest BCUT2D eigenvalue weighted by atomic mass is 9.96. The van der Waals surface area contributed by atoms with E-state index in [0.717, 1.165) is 60.3 Å². The molecular formula is C36H40N2O4. The number of allylic oxidation sites excluding steroid dienone is 1. The highest BCUT2D eigenvalue weighted by molar-refractivity contribution is 5.94. The van der Waals surface area contributed by atoms with Crippen LogP contribution in [0.1, 0.15) is 52.7 Å². The first-order chi connectivity index (χ1) is 20.6. The van der Waals surface area contributed by atoms with Crippen LogP contribution in [0.3, 0.4) is 0 Å². The fourth-order valence-electron chi connectivity index (χ4n) is 4.90. The van der Waals surface area contributed by atoms with E-state index in [1.165, 1.54) is 5.56 Å². The number of benzene rings is 3. The molecule has 0 radical (unpaired) electrons. The van der Waals surface area contributed by atoms with E-state index in [2.05, 4.69) is 41.4 Å². The predicted octanol–water partition coefficient (Wildman–Crippen LogP) is 7.48. The van der Waals surface area contributed by atoms with Crippen molar-refractivity contribution in [2.45, 2.75) is 32.1 Å². The van der Waals surface area contributed by atoms with Gasteiger partial charge in [0.15, 0.2) is 0 Å². The molecule has 0 N–H and O–H groups in total. The Kier molecular flexibility index (Phi) is 11.6. The van der Waals surface area contributed by atoms with E-state index in [-0.39, 0.29) is 5.91 Å². The number of pyridine rings is 1. The molecule has 0 atom stereocenters. The summed E-state index contributed by atoms with van der Waals surface area (Å²) in [4.78, 5) is 19.8. The van der Waals surface area contributed by atoms with Gasteiger partial charge in [0.2, 0.25) is 0 Å². The summed E-state index contributed by atoms with van der Waals surface area (Å²) in [6, 6.07) is 27.7. The molecule has 3 aromatic carbocycles. The Bertz CT molecular complexity index is 1370. The number of unbranched alkanes of at least 4 members (excludes halogenated alkanes) is 2. The normalized spacial score (nSPS) is 10.5. The van der Waals surface area contributed by atoms with Crippen LogP contribution in [-0.4, -0.2) is 50.2 Å². The summed E-state index contributed by atoms with van der Waals surface area (Å²) in [6.45, 7) is 1.36. The molecule has 0 fully saturated rings. The van der Waals surface area contributed by atoms with E-state index in [9.17, 15) is 4.79 Å². The van der Waals surface area contributed by atoms with Gasteiger partial charge in [-0.3, -0.25) is 9.78 Å². The Morgan fingerprint density at radius 3 is 1.95 bits per heavy atom. The minimum Gasteiger partial charge on any atom is -0.497 e. The number of hydrogen-bond acceptors (Lipinski definition) is 5. The smallest absolute Gasteiger partial charge is 0.253 e. The second-order valence-electron chi connectivity index (χ2n) is 10.1. The van der Waals surface area contributed by atoms with Crippen molar-refractivity contribution in [3.05, 3.63) is 126 Å². The van der Waals surface area contributed by atoms with Crippen molar-refractivity contribution in [1.29, 1.82) is 0 Å². The largest absolute Gasteiger partial charge is 0.497 e. The van der Waals surface area contributed by atoms with Crippen LogP contribution in [0.2, 0.25) is 0 Å². The Morgan fingerprint density at radius 1 is 0.714 bits per heavy atom. The second kappa shape index (κ2) is 16.0. The minimum atomic E-state index is 0.0322. The van der Waals surface area contributed by atoms with Gasteiger partial charge in [-0.25, -0.2) is 0 Å². The molecule has 42 heavy (non-hydrogen) atoms. The van der Waals surface area contributed by atoms with Crippen molar-refractivity contribution in [1.82, 2.24) is 9.88 Å². The first-order valence-corrected chi connectivity index (χ1v) is 14.4. The van der Waals surface area contributed by atoms with Crippen LogP contribution in [0.15, 0.2) is 103 Å². The molecule has 1 aromatic heterocycles. The van der Waals surface area contributed by atoms with Crippen molar-refractivity contribution in [3.8, 4) is 17.2 Å². The first-order valence-electron chi connectivity index (χ1n) is 14.4. The summed E-state index contributed by atoms with van der Waals surface area (Å²) < 4.78 is 16.1. The quantitative estimate of drug-likeness (QED) is 0.140. The van der Waals surface area contributed by atoms with Gasteiger partial charge in [-0.2, -0.15) is 0 Å². The number of carbonyl (C=O) groups is 1. The molecular weight excluding hydrogens is 524 g/mol. The number of ether oxygens (including phenoxy) is 3. The number of hydrogen-bond donors (Lipinski definition) is 0. The van der Waals surface area contributed by atoms with Gasteiger partial charge in [-0.15, -0.1) is 0 Å². The molecule has 0 bridgehead atoms. The van der Waals surface area contributed by atoms with Gasteiger partial charge >= 0.3 is 0 Å². The zero-order valence-electron chi connectivity index (χ0n) is 24.8. The zero-order chi connectivity index (χ0) is 29.6. The van der Waals surface area contributed by atoms with E-state index >= 15 is 0 Å². The van der Waals surface area contributed by atoms with Crippen LogP contribution in [0.5, 0.6) is 17.2 Å². The lowest BCUT2D eigenvalue weighted by Gasteiger charge is -2.23. The molecule has 218 valence electrons. The van der Waals surface area contributed by atoms with E-state index in [0.29, 0.717) is 24.4 Å². The SMILES string of the molecule is COc1ccc(C(=CCCCN(CCCCc2cccnc2)C(=O)c2cccc(OC)c2)c2ccc(OC)cc2)cc1. The van der Waals surface area contributed by atoms with Gasteiger partial charge in [0.25, 0.3) is 5.91 Å². The maximum atomic E-state index is 13.6. The Morgan fingerprint density at radius 2 is 1.36 bits per heavy atom. The summed E-state index contributed by atoms with van der Waals surface area (Å²) in [5.74, 6) is 2.36. The van der Waals surface area contributed by atoms with Crippen molar-refractivity contribution >= 4 is 11.5 Å². The number of rotatable bonds is 15. The summed E-state index contributed by atoms with van der Waals surface area (Å²) >= 11 is 0. The van der Waals surface area contributed by atoms with Crippen LogP contribution in [0.25, 0.3) is 5.57 Å². The summed E-state index contributed by atoms with van der Waals surface area (Å²) in [5.41, 5.74) is 5.23. The number of aryl methyl sites for hydroxylation is 1. The maximum absolute atomic E-state index is 13.6. The highest BCUT2D eigenvalue weighted by Gasteiger charge is 2.16. The summed E-state index contributed by atoms with van der Waals surface area (Å²) in [6.07, 6.45) is 10.5. The van der Waals surface area contributed by atoms with Crippen molar-refractivity contribution in [3.63, 3.8) is 0 Å². The predicted molar refractivity (Wildman–Crippen MR) is 168 cm³/mol. The number of methoxy groups -OCH3 is 3. The number of amides is 1. The van der Waals surface area contributed by atoms with E-state index in [1.54, 1.807) is 27.5 Å². The minimum absolute atomic E-state index is 0.0322. The lowest BCUT2D eigenvalue weighted by molar-refractivity contribution is 0.0751. The fraction of sp³-hybridized carbons (Fsp3) is 0.278. The number of carbonyl (C=O) groups excluding carboxylic acids is 1. The molecule has 0 saturated carbocycles. The van der Waals surface area contributed by atoms with E-state index in [1.807, 2.05) is 65.7 Å². The molecule has 0 aliphatic carbocycles. The van der Waals surface area contributed by atoms with Gasteiger partial charge in [-0.1, -0.05) is 42.5 Å². The molecule has 4 aromatic rings. The summed E-state index contributed by atoms with van der Waals surface area (Å²) in [7, 11) is 4.97. The third-order valence-corrected chi connectivity index (χ3v) is 7.25. The second-order valence-corrected chi connectivity index (χ2v) is 10.1. The number of aromatic nitrogens is 1. The average molecular weight is 565 g/mol. The van der Waals surface area contributed by atoms with Crippen LogP contribution < -0.4 is 14.2 Å². The van der Waals surface area contributed by atoms with Crippen molar-refractivity contribution < 1.29 is 19.0 Å². The van der Waals surface area contributed by atoms with Crippen LogP contribution in [-0.2, 0) is 6.42 Å². The highest BCUT2D eigenvalue weighted by atomic mass is 16.5. The molecule has 4 rings (SSSR count). The molecule has 6 nitrogen and oxygen atoms in total. The zero-order valence-corrected chi connectivity index (χ0v) is 24.8. The van der Waals surface area contributed by atoms with E-state index < -0.39 is 0 Å². The molecule has 0 aliphatic rings. The van der Waals surface area contributed by atoms with Gasteiger partial charge in [-0.05, 0) is 103 Å². The molecule has 1 amide bonds. The third kappa shape index (κ3) is 8.71. The molecule has 1 heterocycles. The fourth-order valence-corrected chi connectivity index (χ4v) is 4.90. The Balaban J connectivity index is 1.46. The van der Waals surface area contributed by atoms with Crippen LogP contribution in [0, 0.1) is 0 Å². The van der Waals surface area contributed by atoms with Gasteiger partial charge < -0.3 is 19.1 Å². The van der Waals surface area contributed by atoms with Crippen molar-refractivity contribution in [2.75, 3.05) is 34.4 Å². The van der Waals surface area contributed by atoms with E-state index in [4.69, 9.17) is 14.2 Å². The lowest BCUT2D eigenvalue weighted by Crippen LogP contribution is -2.33. The molecule has 6 heteroatoms. The summed E-state index contributed by atoms with van der Waals surface area (Å²) in [5, 5.41) is 0. The van der Waals surface area contributed by atoms with Crippen LogP contribution in [0.4, 0.5) is 0 Å². The van der Waals surface area contributed by atoms with Gasteiger partial charge in [0.05, 0.1) is 21.3 Å². The first kappa shape index (κ1) is 30.4. The molecule has 0 unspecified atom stereocenters. The molecule has 0 saturated heterocycles. The van der Waals surface area contributed by atoms with Gasteiger partial charge in [0.1, 0.15) is 17.2 Å². The number of nitrogens with zero attached hydrogens (tertiary/aromatic N) is 2. The topological polar surface area (TPSA) is 60.9 Å². The highest BCUT2D eigenvalue weighted by Crippen LogP contribution is 2.28.